The summed E-state index contributed by atoms with van der Waals surface area (Å²) in [7, 11) is 0. The molecule has 0 bridgehead atoms. The topological polar surface area (TPSA) is 68.0 Å². The number of benzene rings is 2. The van der Waals surface area contributed by atoms with Gasteiger partial charge in [0.2, 0.25) is 0 Å². The number of amides is 1. The molecule has 3 N–H and O–H groups in total. The molecule has 2 aromatic carbocycles. The van der Waals surface area contributed by atoms with Gasteiger partial charge in [-0.1, -0.05) is 40.2 Å². The van der Waals surface area contributed by atoms with E-state index >= 15 is 0 Å². The summed E-state index contributed by atoms with van der Waals surface area (Å²) in [4.78, 5) is 16.3. The highest BCUT2D eigenvalue weighted by Crippen LogP contribution is 2.30. The van der Waals surface area contributed by atoms with Crippen LogP contribution in [0.5, 0.6) is 0 Å². The monoisotopic (exact) mass is 341 g/mol. The molecule has 104 valence electrons. The molecule has 1 heterocycles. The van der Waals surface area contributed by atoms with Gasteiger partial charge in [-0.15, -0.1) is 0 Å². The first kappa shape index (κ1) is 13.6. The van der Waals surface area contributed by atoms with Gasteiger partial charge in [0.1, 0.15) is 0 Å². The van der Waals surface area contributed by atoms with Gasteiger partial charge < -0.3 is 11.1 Å². The summed E-state index contributed by atoms with van der Waals surface area (Å²) < 4.78 is 0.983. The smallest absolute Gasteiger partial charge is 0.259 e. The maximum atomic E-state index is 12.3. The number of aromatic nitrogens is 1. The second kappa shape index (κ2) is 5.54. The first-order valence-electron chi connectivity index (χ1n) is 6.35. The zero-order valence-corrected chi connectivity index (χ0v) is 12.6. The predicted octanol–water partition coefficient (Wildman–Crippen LogP) is 3.83. The van der Waals surface area contributed by atoms with Crippen molar-refractivity contribution < 1.29 is 4.79 Å². The fourth-order valence-electron chi connectivity index (χ4n) is 2.16. The number of anilines is 2. The second-order valence-corrected chi connectivity index (χ2v) is 5.41. The highest BCUT2D eigenvalue weighted by Gasteiger charge is 2.12. The number of pyridine rings is 1. The summed E-state index contributed by atoms with van der Waals surface area (Å²) in [5.74, 6) is -0.270. The maximum absolute atomic E-state index is 12.3. The average molecular weight is 342 g/mol. The standard InChI is InChI=1S/C16H12BrN3O/c17-13-5-6-15(11-4-2-1-3-10(11)13)20-16(21)12-9-19-8-7-14(12)18/h1-9H,(H2,18,19)(H,20,21). The van der Waals surface area contributed by atoms with Crippen molar-refractivity contribution >= 4 is 44.0 Å². The summed E-state index contributed by atoms with van der Waals surface area (Å²) >= 11 is 3.51. The van der Waals surface area contributed by atoms with Crippen LogP contribution in [0.25, 0.3) is 10.8 Å². The van der Waals surface area contributed by atoms with Crippen molar-refractivity contribution in [2.45, 2.75) is 0 Å². The van der Waals surface area contributed by atoms with Crippen molar-refractivity contribution in [3.8, 4) is 0 Å². The molecule has 0 fully saturated rings. The predicted molar refractivity (Wildman–Crippen MR) is 88.3 cm³/mol. The Labute approximate surface area is 130 Å². The maximum Gasteiger partial charge on any atom is 0.259 e. The fraction of sp³-hybridized carbons (Fsp3) is 0. The van der Waals surface area contributed by atoms with Gasteiger partial charge in [0.25, 0.3) is 5.91 Å². The number of halogens is 1. The average Bonchev–Trinajstić information content (AvgIpc) is 2.51. The summed E-state index contributed by atoms with van der Waals surface area (Å²) in [5, 5.41) is 4.89. The number of nitrogens with one attached hydrogen (secondary N) is 1. The minimum atomic E-state index is -0.270. The van der Waals surface area contributed by atoms with Crippen molar-refractivity contribution in [2.24, 2.45) is 0 Å². The highest BCUT2D eigenvalue weighted by atomic mass is 79.9. The molecule has 21 heavy (non-hydrogen) atoms. The van der Waals surface area contributed by atoms with Crippen LogP contribution in [0.3, 0.4) is 0 Å². The van der Waals surface area contributed by atoms with E-state index in [2.05, 4.69) is 26.2 Å². The second-order valence-electron chi connectivity index (χ2n) is 4.56. The van der Waals surface area contributed by atoms with Gasteiger partial charge in [0.05, 0.1) is 5.56 Å². The summed E-state index contributed by atoms with van der Waals surface area (Å²) in [5.41, 5.74) is 7.31. The Bertz CT molecular complexity index is 833. The zero-order chi connectivity index (χ0) is 14.8. The van der Waals surface area contributed by atoms with Gasteiger partial charge in [0.15, 0.2) is 0 Å². The largest absolute Gasteiger partial charge is 0.398 e. The van der Waals surface area contributed by atoms with Crippen LogP contribution < -0.4 is 11.1 Å². The van der Waals surface area contributed by atoms with Crippen LogP contribution in [-0.2, 0) is 0 Å². The van der Waals surface area contributed by atoms with Gasteiger partial charge in [-0.25, -0.2) is 0 Å². The molecule has 0 aliphatic rings. The molecule has 0 spiro atoms. The molecule has 1 amide bonds. The van der Waals surface area contributed by atoms with Gasteiger partial charge in [-0.3, -0.25) is 9.78 Å². The number of carbonyl (C=O) groups excluding carboxylic acids is 1. The molecule has 0 atom stereocenters. The van der Waals surface area contributed by atoms with Crippen LogP contribution in [0.15, 0.2) is 59.3 Å². The minimum absolute atomic E-state index is 0.270. The lowest BCUT2D eigenvalue weighted by Gasteiger charge is -2.10. The molecule has 0 saturated heterocycles. The van der Waals surface area contributed by atoms with Crippen molar-refractivity contribution in [1.29, 1.82) is 0 Å². The molecule has 0 radical (unpaired) electrons. The van der Waals surface area contributed by atoms with E-state index in [1.165, 1.54) is 6.20 Å². The lowest BCUT2D eigenvalue weighted by atomic mass is 10.1. The van der Waals surface area contributed by atoms with Crippen LogP contribution in [-0.4, -0.2) is 10.9 Å². The lowest BCUT2D eigenvalue weighted by Crippen LogP contribution is -2.14. The lowest BCUT2D eigenvalue weighted by molar-refractivity contribution is 0.102. The van der Waals surface area contributed by atoms with Gasteiger partial charge in [-0.2, -0.15) is 0 Å². The number of nitrogens with two attached hydrogens (primary N) is 1. The molecule has 0 saturated carbocycles. The van der Waals surface area contributed by atoms with E-state index < -0.39 is 0 Å². The molecular weight excluding hydrogens is 330 g/mol. The molecule has 0 aliphatic heterocycles. The normalized spacial score (nSPS) is 10.5. The SMILES string of the molecule is Nc1ccncc1C(=O)Nc1ccc(Br)c2ccccc12. The van der Waals surface area contributed by atoms with Gasteiger partial charge in [-0.05, 0) is 23.6 Å². The quantitative estimate of drug-likeness (QED) is 0.744. The fourth-order valence-corrected chi connectivity index (χ4v) is 2.63. The Morgan fingerprint density at radius 1 is 1.10 bits per heavy atom. The van der Waals surface area contributed by atoms with E-state index in [-0.39, 0.29) is 5.91 Å². The van der Waals surface area contributed by atoms with E-state index in [0.717, 1.165) is 20.9 Å². The minimum Gasteiger partial charge on any atom is -0.398 e. The molecule has 0 unspecified atom stereocenters. The molecule has 3 aromatic rings. The Hall–Kier alpha value is -2.40. The van der Waals surface area contributed by atoms with E-state index in [0.29, 0.717) is 11.3 Å². The Morgan fingerprint density at radius 2 is 1.86 bits per heavy atom. The Kier molecular flexibility index (Phi) is 3.58. The summed E-state index contributed by atoms with van der Waals surface area (Å²) in [6.07, 6.45) is 3.02. The first-order chi connectivity index (χ1) is 10.2. The van der Waals surface area contributed by atoms with Crippen molar-refractivity contribution in [1.82, 2.24) is 4.98 Å². The van der Waals surface area contributed by atoms with E-state index in [4.69, 9.17) is 5.73 Å². The number of carbonyl (C=O) groups is 1. The third-order valence-electron chi connectivity index (χ3n) is 3.22. The first-order valence-corrected chi connectivity index (χ1v) is 7.14. The molecule has 0 aliphatic carbocycles. The molecule has 1 aromatic heterocycles. The Balaban J connectivity index is 2.01. The zero-order valence-electron chi connectivity index (χ0n) is 11.0. The number of fused-ring (bicyclic) bond motifs is 1. The molecule has 3 rings (SSSR count). The number of nitrogens with zero attached hydrogens (tertiary/aromatic N) is 1. The molecular formula is C16H12BrN3O. The van der Waals surface area contributed by atoms with E-state index in [1.807, 2.05) is 36.4 Å². The van der Waals surface area contributed by atoms with Crippen LogP contribution in [0, 0.1) is 0 Å². The summed E-state index contributed by atoms with van der Waals surface area (Å²) in [6.45, 7) is 0. The number of hydrogen-bond donors (Lipinski definition) is 2. The third-order valence-corrected chi connectivity index (χ3v) is 3.91. The van der Waals surface area contributed by atoms with E-state index in [1.54, 1.807) is 12.3 Å². The third kappa shape index (κ3) is 2.60. The number of rotatable bonds is 2. The van der Waals surface area contributed by atoms with Crippen molar-refractivity contribution in [2.75, 3.05) is 11.1 Å². The highest BCUT2D eigenvalue weighted by molar-refractivity contribution is 9.10. The van der Waals surface area contributed by atoms with Crippen LogP contribution in [0.2, 0.25) is 0 Å². The van der Waals surface area contributed by atoms with Crippen LogP contribution in [0.4, 0.5) is 11.4 Å². The van der Waals surface area contributed by atoms with Gasteiger partial charge in [0, 0.05) is 33.6 Å². The Morgan fingerprint density at radius 3 is 2.62 bits per heavy atom. The number of hydrogen-bond acceptors (Lipinski definition) is 3. The van der Waals surface area contributed by atoms with E-state index in [9.17, 15) is 4.79 Å². The molecule has 5 heteroatoms. The van der Waals surface area contributed by atoms with Crippen LogP contribution >= 0.6 is 15.9 Å². The number of nitrogen functional groups attached to an aromatic ring is 1. The molecule has 4 nitrogen and oxygen atoms in total. The van der Waals surface area contributed by atoms with Crippen LogP contribution in [0.1, 0.15) is 10.4 Å². The van der Waals surface area contributed by atoms with Crippen molar-refractivity contribution in [3.63, 3.8) is 0 Å². The van der Waals surface area contributed by atoms with Gasteiger partial charge >= 0.3 is 0 Å². The van der Waals surface area contributed by atoms with Crippen molar-refractivity contribution in [3.05, 3.63) is 64.9 Å². The summed E-state index contributed by atoms with van der Waals surface area (Å²) in [6, 6.07) is 13.2.